The summed E-state index contributed by atoms with van der Waals surface area (Å²) in [4.78, 5) is 40.1. The topological polar surface area (TPSA) is 114 Å². The number of ether oxygens (including phenoxy) is 3. The first-order valence-electron chi connectivity index (χ1n) is 9.53. The van der Waals surface area contributed by atoms with Crippen LogP contribution in [0.3, 0.4) is 0 Å². The molecule has 1 aromatic rings. The summed E-state index contributed by atoms with van der Waals surface area (Å²) in [5.74, 6) is -2.59. The van der Waals surface area contributed by atoms with Gasteiger partial charge in [-0.05, 0) is 19.9 Å². The van der Waals surface area contributed by atoms with Gasteiger partial charge in [-0.3, -0.25) is 19.8 Å². The number of fused-ring (bicyclic) bond motifs is 1. The molecule has 158 valence electrons. The Labute approximate surface area is 168 Å². The Bertz CT molecular complexity index is 827. The molecule has 0 bridgehead atoms. The minimum Gasteiger partial charge on any atom is -0.497 e. The van der Waals surface area contributed by atoms with E-state index in [9.17, 15) is 19.5 Å². The normalized spacial score (nSPS) is 28.4. The highest BCUT2D eigenvalue weighted by atomic mass is 16.5. The number of methoxy groups -OCH3 is 2. The van der Waals surface area contributed by atoms with Gasteiger partial charge in [0.05, 0.1) is 39.3 Å². The molecule has 1 aromatic carbocycles. The SMILES string of the molecule is CCOC(=O)[C@]1(CO)N[C@H](c2ccc(OC)cc2OC)[C@@H]2C(=O)N(CC)C(=O)[C@@H]21. The number of nitrogens with one attached hydrogen (secondary N) is 1. The van der Waals surface area contributed by atoms with Crippen LogP contribution >= 0.6 is 0 Å². The molecule has 29 heavy (non-hydrogen) atoms. The van der Waals surface area contributed by atoms with Crippen molar-refractivity contribution in [2.45, 2.75) is 25.4 Å². The van der Waals surface area contributed by atoms with Crippen molar-refractivity contribution >= 4 is 17.8 Å². The van der Waals surface area contributed by atoms with Gasteiger partial charge in [0, 0.05) is 24.2 Å². The Morgan fingerprint density at radius 2 is 1.93 bits per heavy atom. The van der Waals surface area contributed by atoms with E-state index in [4.69, 9.17) is 14.2 Å². The lowest BCUT2D eigenvalue weighted by Crippen LogP contribution is -2.59. The first-order chi connectivity index (χ1) is 13.9. The van der Waals surface area contributed by atoms with Crippen molar-refractivity contribution in [2.24, 2.45) is 11.8 Å². The van der Waals surface area contributed by atoms with Crippen LogP contribution in [0.1, 0.15) is 25.5 Å². The molecule has 0 unspecified atom stereocenters. The van der Waals surface area contributed by atoms with Crippen LogP contribution in [0.2, 0.25) is 0 Å². The van der Waals surface area contributed by atoms with Crippen LogP contribution in [0.25, 0.3) is 0 Å². The number of imide groups is 1. The summed E-state index contributed by atoms with van der Waals surface area (Å²) < 4.78 is 15.9. The zero-order chi connectivity index (χ0) is 21.3. The number of hydrogen-bond acceptors (Lipinski definition) is 8. The van der Waals surface area contributed by atoms with E-state index in [1.165, 1.54) is 14.2 Å². The molecule has 2 aliphatic heterocycles. The number of aliphatic hydroxyl groups excluding tert-OH is 1. The number of benzene rings is 1. The van der Waals surface area contributed by atoms with Crippen LogP contribution in [-0.2, 0) is 19.1 Å². The Kier molecular flexibility index (Phi) is 5.81. The number of likely N-dealkylation sites (tertiary alicyclic amines) is 1. The smallest absolute Gasteiger partial charge is 0.329 e. The van der Waals surface area contributed by atoms with Gasteiger partial charge in [-0.25, -0.2) is 4.79 Å². The van der Waals surface area contributed by atoms with Crippen molar-refractivity contribution in [3.63, 3.8) is 0 Å². The molecule has 2 aliphatic rings. The van der Waals surface area contributed by atoms with Gasteiger partial charge in [-0.1, -0.05) is 6.07 Å². The molecule has 9 nitrogen and oxygen atoms in total. The molecule has 2 saturated heterocycles. The molecular weight excluding hydrogens is 380 g/mol. The fraction of sp³-hybridized carbons (Fsp3) is 0.550. The Morgan fingerprint density at radius 1 is 1.21 bits per heavy atom. The quantitative estimate of drug-likeness (QED) is 0.490. The van der Waals surface area contributed by atoms with Crippen LogP contribution in [0.4, 0.5) is 0 Å². The molecule has 9 heteroatoms. The van der Waals surface area contributed by atoms with Crippen LogP contribution in [0, 0.1) is 11.8 Å². The van der Waals surface area contributed by atoms with Gasteiger partial charge in [-0.2, -0.15) is 0 Å². The van der Waals surface area contributed by atoms with Gasteiger partial charge in [-0.15, -0.1) is 0 Å². The molecule has 0 aliphatic carbocycles. The molecular formula is C20H26N2O7. The molecule has 0 spiro atoms. The number of aliphatic hydroxyl groups is 1. The second kappa shape index (κ2) is 8.00. The van der Waals surface area contributed by atoms with E-state index < -0.39 is 47.8 Å². The summed E-state index contributed by atoms with van der Waals surface area (Å²) in [6.07, 6.45) is 0. The lowest BCUT2D eigenvalue weighted by atomic mass is 9.79. The maximum Gasteiger partial charge on any atom is 0.329 e. The maximum absolute atomic E-state index is 13.1. The minimum atomic E-state index is -1.72. The van der Waals surface area contributed by atoms with Crippen LogP contribution in [0.5, 0.6) is 11.5 Å². The van der Waals surface area contributed by atoms with E-state index in [-0.39, 0.29) is 13.2 Å². The molecule has 4 atom stereocenters. The van der Waals surface area contributed by atoms with E-state index in [0.717, 1.165) is 4.90 Å². The van der Waals surface area contributed by atoms with Crippen molar-refractivity contribution in [1.82, 2.24) is 10.2 Å². The van der Waals surface area contributed by atoms with Gasteiger partial charge in [0.15, 0.2) is 5.54 Å². The first kappa shape index (κ1) is 21.1. The maximum atomic E-state index is 13.1. The highest BCUT2D eigenvalue weighted by Crippen LogP contribution is 2.50. The molecule has 2 N–H and O–H groups in total. The second-order valence-corrected chi connectivity index (χ2v) is 7.00. The van der Waals surface area contributed by atoms with Crippen molar-refractivity contribution in [3.05, 3.63) is 23.8 Å². The van der Waals surface area contributed by atoms with Crippen LogP contribution in [-0.4, -0.2) is 67.3 Å². The lowest BCUT2D eigenvalue weighted by molar-refractivity contribution is -0.158. The molecule has 2 heterocycles. The summed E-state index contributed by atoms with van der Waals surface area (Å²) in [5, 5.41) is 13.3. The first-order valence-corrected chi connectivity index (χ1v) is 9.53. The fourth-order valence-electron chi connectivity index (χ4n) is 4.37. The predicted molar refractivity (Wildman–Crippen MR) is 101 cm³/mol. The molecule has 3 rings (SSSR count). The number of rotatable bonds is 7. The minimum absolute atomic E-state index is 0.0792. The standard InChI is InChI=1S/C20H26N2O7/c1-5-22-17(24)14-15(18(22)25)20(10-23,19(26)29-6-2)21-16(14)12-8-7-11(27-3)9-13(12)28-4/h7-9,14-16,21,23H,5-6,10H2,1-4H3/t14-,15-,16-,20-/m1/s1. The summed E-state index contributed by atoms with van der Waals surface area (Å²) >= 11 is 0. The third-order valence-electron chi connectivity index (χ3n) is 5.73. The zero-order valence-electron chi connectivity index (χ0n) is 16.9. The van der Waals surface area contributed by atoms with Gasteiger partial charge in [0.25, 0.3) is 0 Å². The average molecular weight is 406 g/mol. The molecule has 2 amide bonds. The third kappa shape index (κ3) is 3.05. The number of hydrogen-bond donors (Lipinski definition) is 2. The largest absolute Gasteiger partial charge is 0.497 e. The monoisotopic (exact) mass is 406 g/mol. The van der Waals surface area contributed by atoms with E-state index >= 15 is 0 Å². The highest BCUT2D eigenvalue weighted by molar-refractivity contribution is 6.09. The highest BCUT2D eigenvalue weighted by Gasteiger charge is 2.68. The fourth-order valence-corrected chi connectivity index (χ4v) is 4.37. The molecule has 0 aromatic heterocycles. The van der Waals surface area contributed by atoms with Gasteiger partial charge in [0.2, 0.25) is 11.8 Å². The summed E-state index contributed by atoms with van der Waals surface area (Å²) in [5.41, 5.74) is -1.13. The summed E-state index contributed by atoms with van der Waals surface area (Å²) in [6, 6.07) is 4.35. The predicted octanol–water partition coefficient (Wildman–Crippen LogP) is 0.263. The molecule has 2 fully saturated rings. The lowest BCUT2D eigenvalue weighted by Gasteiger charge is -2.31. The zero-order valence-corrected chi connectivity index (χ0v) is 16.9. The van der Waals surface area contributed by atoms with Crippen LogP contribution < -0.4 is 14.8 Å². The Morgan fingerprint density at radius 3 is 2.48 bits per heavy atom. The van der Waals surface area contributed by atoms with Crippen molar-refractivity contribution in [3.8, 4) is 11.5 Å². The third-order valence-corrected chi connectivity index (χ3v) is 5.73. The number of carbonyl (C=O) groups is 3. The van der Waals surface area contributed by atoms with E-state index in [1.807, 2.05) is 0 Å². The molecule has 0 radical (unpaired) electrons. The van der Waals surface area contributed by atoms with Crippen molar-refractivity contribution in [2.75, 3.05) is 34.0 Å². The Hall–Kier alpha value is -2.65. The number of nitrogens with zero attached hydrogens (tertiary/aromatic N) is 1. The summed E-state index contributed by atoms with van der Waals surface area (Å²) in [7, 11) is 3.00. The summed E-state index contributed by atoms with van der Waals surface area (Å²) in [6.45, 7) is 2.91. The van der Waals surface area contributed by atoms with E-state index in [2.05, 4.69) is 5.32 Å². The number of amides is 2. The number of carbonyl (C=O) groups excluding carboxylic acids is 3. The molecule has 0 saturated carbocycles. The van der Waals surface area contributed by atoms with Gasteiger partial charge in [0.1, 0.15) is 11.5 Å². The van der Waals surface area contributed by atoms with Crippen molar-refractivity contribution < 1.29 is 33.7 Å². The van der Waals surface area contributed by atoms with Gasteiger partial charge >= 0.3 is 5.97 Å². The van der Waals surface area contributed by atoms with E-state index in [1.54, 1.807) is 32.0 Å². The number of esters is 1. The second-order valence-electron chi connectivity index (χ2n) is 7.00. The van der Waals surface area contributed by atoms with Crippen LogP contribution in [0.15, 0.2) is 18.2 Å². The van der Waals surface area contributed by atoms with E-state index in [0.29, 0.717) is 17.1 Å². The van der Waals surface area contributed by atoms with Gasteiger partial charge < -0.3 is 19.3 Å². The van der Waals surface area contributed by atoms with Crippen molar-refractivity contribution in [1.29, 1.82) is 0 Å². The average Bonchev–Trinajstić information content (AvgIpc) is 3.21. The Balaban J connectivity index is 2.16.